The van der Waals surface area contributed by atoms with Gasteiger partial charge in [0.15, 0.2) is 0 Å². The minimum atomic E-state index is -0.420. The van der Waals surface area contributed by atoms with Crippen LogP contribution in [0.3, 0.4) is 0 Å². The van der Waals surface area contributed by atoms with Crippen molar-refractivity contribution in [2.24, 2.45) is 10.8 Å². The van der Waals surface area contributed by atoms with E-state index >= 15 is 0 Å². The van der Waals surface area contributed by atoms with Crippen LogP contribution in [-0.4, -0.2) is 5.24 Å². The van der Waals surface area contributed by atoms with E-state index in [1.807, 2.05) is 13.0 Å². The topological polar surface area (TPSA) is 17.1 Å². The molecule has 0 bridgehead atoms. The Morgan fingerprint density at radius 1 is 1.25 bits per heavy atom. The molecule has 0 amide bonds. The average molecular weight is 187 g/mol. The lowest BCUT2D eigenvalue weighted by Gasteiger charge is -2.33. The zero-order valence-corrected chi connectivity index (χ0v) is 8.61. The van der Waals surface area contributed by atoms with Crippen LogP contribution in [0.1, 0.15) is 33.6 Å². The first-order valence-corrected chi connectivity index (χ1v) is 4.64. The molecule has 0 N–H and O–H groups in total. The van der Waals surface area contributed by atoms with E-state index < -0.39 is 5.41 Å². The molecule has 68 valence electrons. The number of allylic oxidation sites excluding steroid dienone is 2. The Bertz CT molecular complexity index is 230. The Morgan fingerprint density at radius 2 is 1.83 bits per heavy atom. The fourth-order valence-corrected chi connectivity index (χ4v) is 1.48. The van der Waals surface area contributed by atoms with E-state index in [2.05, 4.69) is 19.9 Å². The number of halogens is 1. The van der Waals surface area contributed by atoms with Crippen molar-refractivity contribution in [2.45, 2.75) is 33.6 Å². The summed E-state index contributed by atoms with van der Waals surface area (Å²) in [4.78, 5) is 11.0. The fourth-order valence-electron chi connectivity index (χ4n) is 1.32. The van der Waals surface area contributed by atoms with E-state index in [9.17, 15) is 4.79 Å². The zero-order valence-electron chi connectivity index (χ0n) is 7.86. The molecule has 0 aromatic carbocycles. The highest BCUT2D eigenvalue weighted by molar-refractivity contribution is 6.64. The van der Waals surface area contributed by atoms with Gasteiger partial charge in [0.1, 0.15) is 0 Å². The Balaban J connectivity index is 2.84. The molecule has 0 radical (unpaired) electrons. The van der Waals surface area contributed by atoms with Gasteiger partial charge in [-0.3, -0.25) is 4.79 Å². The molecule has 1 aliphatic rings. The van der Waals surface area contributed by atoms with Crippen molar-refractivity contribution in [3.8, 4) is 0 Å². The van der Waals surface area contributed by atoms with Crippen molar-refractivity contribution in [2.75, 3.05) is 0 Å². The Hall–Kier alpha value is -0.300. The van der Waals surface area contributed by atoms with Crippen LogP contribution in [0.4, 0.5) is 0 Å². The zero-order chi connectivity index (χ0) is 9.41. The van der Waals surface area contributed by atoms with Gasteiger partial charge < -0.3 is 0 Å². The van der Waals surface area contributed by atoms with Crippen LogP contribution in [0.15, 0.2) is 12.2 Å². The van der Waals surface area contributed by atoms with Crippen LogP contribution in [-0.2, 0) is 4.79 Å². The monoisotopic (exact) mass is 186 g/mol. The summed E-state index contributed by atoms with van der Waals surface area (Å²) in [7, 11) is 0. The summed E-state index contributed by atoms with van der Waals surface area (Å²) in [6, 6.07) is 0. The highest BCUT2D eigenvalue weighted by Gasteiger charge is 2.34. The molecule has 0 spiro atoms. The number of carbonyl (C=O) groups excluding carboxylic acids is 1. The third-order valence-electron chi connectivity index (χ3n) is 2.64. The lowest BCUT2D eigenvalue weighted by Crippen LogP contribution is -2.28. The molecule has 1 unspecified atom stereocenters. The molecule has 1 atom stereocenters. The number of rotatable bonds is 1. The van der Waals surface area contributed by atoms with Gasteiger partial charge in [0.2, 0.25) is 5.24 Å². The van der Waals surface area contributed by atoms with Crippen molar-refractivity contribution in [3.63, 3.8) is 0 Å². The highest BCUT2D eigenvalue weighted by Crippen LogP contribution is 2.40. The molecule has 0 fully saturated rings. The third-order valence-corrected chi connectivity index (χ3v) is 3.07. The first-order valence-electron chi connectivity index (χ1n) is 4.26. The molecule has 0 saturated carbocycles. The van der Waals surface area contributed by atoms with Gasteiger partial charge in [0, 0.05) is 0 Å². The number of hydrogen-bond acceptors (Lipinski definition) is 1. The number of carbonyl (C=O) groups is 1. The van der Waals surface area contributed by atoms with Crippen molar-refractivity contribution < 1.29 is 4.79 Å². The van der Waals surface area contributed by atoms with Crippen molar-refractivity contribution in [1.29, 1.82) is 0 Å². The van der Waals surface area contributed by atoms with Crippen LogP contribution in [0.5, 0.6) is 0 Å². The van der Waals surface area contributed by atoms with Gasteiger partial charge >= 0.3 is 0 Å². The Labute approximate surface area is 78.8 Å². The van der Waals surface area contributed by atoms with E-state index in [-0.39, 0.29) is 10.7 Å². The second-order valence-electron chi connectivity index (χ2n) is 4.51. The maximum absolute atomic E-state index is 11.0. The summed E-state index contributed by atoms with van der Waals surface area (Å²) in [6.07, 6.45) is 5.93. The summed E-state index contributed by atoms with van der Waals surface area (Å²) in [5.74, 6) is 0. The summed E-state index contributed by atoms with van der Waals surface area (Å²) in [6.45, 7) is 6.23. The summed E-state index contributed by atoms with van der Waals surface area (Å²) in [5.41, 5.74) is -0.192. The van der Waals surface area contributed by atoms with Crippen LogP contribution >= 0.6 is 11.6 Å². The average Bonchev–Trinajstić information content (AvgIpc) is 1.96. The standard InChI is InChI=1S/C10H15ClO/c1-9(2)4-6-10(3,7-5-9)8(11)12/h4,6H,5,7H2,1-3H3. The van der Waals surface area contributed by atoms with Crippen LogP contribution in [0.25, 0.3) is 0 Å². The molecule has 0 aromatic heterocycles. The Kier molecular flexibility index (Phi) is 2.35. The molecule has 0 heterocycles. The van der Waals surface area contributed by atoms with Gasteiger partial charge in [-0.25, -0.2) is 0 Å². The smallest absolute Gasteiger partial charge is 0.231 e. The van der Waals surface area contributed by atoms with Crippen molar-refractivity contribution >= 4 is 16.8 Å². The predicted molar refractivity (Wildman–Crippen MR) is 51.1 cm³/mol. The summed E-state index contributed by atoms with van der Waals surface area (Å²) < 4.78 is 0. The minimum absolute atomic E-state index is 0.228. The van der Waals surface area contributed by atoms with Gasteiger partial charge in [0.05, 0.1) is 5.41 Å². The van der Waals surface area contributed by atoms with Crippen LogP contribution in [0, 0.1) is 10.8 Å². The second-order valence-corrected chi connectivity index (χ2v) is 4.86. The minimum Gasteiger partial charge on any atom is -0.280 e. The van der Waals surface area contributed by atoms with Crippen molar-refractivity contribution in [1.82, 2.24) is 0 Å². The molecular formula is C10H15ClO. The SMILES string of the molecule is CC1(C)C=CC(C)(C(=O)Cl)CC1. The maximum Gasteiger partial charge on any atom is 0.231 e. The molecule has 1 aliphatic carbocycles. The van der Waals surface area contributed by atoms with Gasteiger partial charge in [-0.1, -0.05) is 26.0 Å². The van der Waals surface area contributed by atoms with E-state index in [4.69, 9.17) is 11.6 Å². The van der Waals surface area contributed by atoms with Gasteiger partial charge in [-0.15, -0.1) is 0 Å². The van der Waals surface area contributed by atoms with Crippen LogP contribution < -0.4 is 0 Å². The summed E-state index contributed by atoms with van der Waals surface area (Å²) >= 11 is 5.50. The second kappa shape index (κ2) is 2.88. The Morgan fingerprint density at radius 3 is 2.17 bits per heavy atom. The highest BCUT2D eigenvalue weighted by atomic mass is 35.5. The molecule has 12 heavy (non-hydrogen) atoms. The van der Waals surface area contributed by atoms with E-state index in [0.717, 1.165) is 12.8 Å². The van der Waals surface area contributed by atoms with E-state index in [1.54, 1.807) is 0 Å². The molecule has 0 aromatic rings. The quantitative estimate of drug-likeness (QED) is 0.454. The first kappa shape index (κ1) is 9.79. The van der Waals surface area contributed by atoms with Gasteiger partial charge in [-0.2, -0.15) is 0 Å². The largest absolute Gasteiger partial charge is 0.280 e. The maximum atomic E-state index is 11.0. The molecular weight excluding hydrogens is 172 g/mol. The number of hydrogen-bond donors (Lipinski definition) is 0. The van der Waals surface area contributed by atoms with Crippen molar-refractivity contribution in [3.05, 3.63) is 12.2 Å². The van der Waals surface area contributed by atoms with E-state index in [1.165, 1.54) is 0 Å². The fraction of sp³-hybridized carbons (Fsp3) is 0.700. The lowest BCUT2D eigenvalue weighted by molar-refractivity contribution is -0.118. The first-order chi connectivity index (χ1) is 5.36. The molecule has 0 aliphatic heterocycles. The van der Waals surface area contributed by atoms with Crippen LogP contribution in [0.2, 0.25) is 0 Å². The third kappa shape index (κ3) is 1.89. The van der Waals surface area contributed by atoms with Gasteiger partial charge in [0.25, 0.3) is 0 Å². The normalized spacial score (nSPS) is 33.3. The van der Waals surface area contributed by atoms with E-state index in [0.29, 0.717) is 0 Å². The lowest BCUT2D eigenvalue weighted by atomic mass is 9.72. The summed E-state index contributed by atoms with van der Waals surface area (Å²) in [5, 5.41) is -0.241. The molecule has 1 rings (SSSR count). The van der Waals surface area contributed by atoms with Gasteiger partial charge in [-0.05, 0) is 36.8 Å². The molecule has 2 heteroatoms. The predicted octanol–water partition coefficient (Wildman–Crippen LogP) is 3.13. The molecule has 0 saturated heterocycles. The molecule has 1 nitrogen and oxygen atoms in total.